The zero-order valence-electron chi connectivity index (χ0n) is 10.2. The van der Waals surface area contributed by atoms with Crippen LogP contribution in [0.25, 0.3) is 0 Å². The van der Waals surface area contributed by atoms with Gasteiger partial charge in [-0.15, -0.1) is 0 Å². The predicted molar refractivity (Wildman–Crippen MR) is 62.2 cm³/mol. The first-order valence-electron chi connectivity index (χ1n) is 5.94. The third-order valence-electron chi connectivity index (χ3n) is 2.81. The second-order valence-electron chi connectivity index (χ2n) is 4.34. The summed E-state index contributed by atoms with van der Waals surface area (Å²) in [5, 5.41) is 22.1. The van der Waals surface area contributed by atoms with Crippen LogP contribution < -0.4 is 10.6 Å². The molecule has 0 aliphatic carbocycles. The molecule has 0 radical (unpaired) electrons. The maximum absolute atomic E-state index is 11.7. The maximum Gasteiger partial charge on any atom is 0.326 e. The molecule has 0 bridgehead atoms. The number of carbonyl (C=O) groups excluding carboxylic acids is 2. The van der Waals surface area contributed by atoms with E-state index in [9.17, 15) is 19.2 Å². The molecule has 0 aromatic carbocycles. The molecule has 2 atom stereocenters. The van der Waals surface area contributed by atoms with Gasteiger partial charge in [0.15, 0.2) is 0 Å². The molecule has 1 rings (SSSR count). The first-order valence-corrected chi connectivity index (χ1v) is 5.94. The molecule has 0 aromatic rings. The highest BCUT2D eigenvalue weighted by molar-refractivity contribution is 5.92. The lowest BCUT2D eigenvalue weighted by Crippen LogP contribution is -2.48. The van der Waals surface area contributed by atoms with Gasteiger partial charge in [-0.2, -0.15) is 0 Å². The SMILES string of the molecule is O=C(O)CCC[C@@H](NC(=O)[C@H]1CCC(=O)N1)C(=O)O. The van der Waals surface area contributed by atoms with E-state index in [0.29, 0.717) is 6.42 Å². The molecular weight excluding hydrogens is 256 g/mol. The Bertz CT molecular complexity index is 395. The van der Waals surface area contributed by atoms with Gasteiger partial charge in [0.05, 0.1) is 0 Å². The Balaban J connectivity index is 2.44. The zero-order valence-corrected chi connectivity index (χ0v) is 10.2. The lowest BCUT2D eigenvalue weighted by atomic mass is 10.1. The summed E-state index contributed by atoms with van der Waals surface area (Å²) in [5.41, 5.74) is 0. The minimum atomic E-state index is -1.22. The van der Waals surface area contributed by atoms with Crippen molar-refractivity contribution in [2.75, 3.05) is 0 Å². The summed E-state index contributed by atoms with van der Waals surface area (Å²) in [6.45, 7) is 0. The third kappa shape index (κ3) is 4.94. The highest BCUT2D eigenvalue weighted by atomic mass is 16.4. The van der Waals surface area contributed by atoms with E-state index >= 15 is 0 Å². The quantitative estimate of drug-likeness (QED) is 0.474. The van der Waals surface area contributed by atoms with Crippen LogP contribution in [0.4, 0.5) is 0 Å². The van der Waals surface area contributed by atoms with E-state index in [4.69, 9.17) is 10.2 Å². The topological polar surface area (TPSA) is 133 Å². The molecule has 1 fully saturated rings. The zero-order chi connectivity index (χ0) is 14.4. The average molecular weight is 272 g/mol. The molecule has 1 heterocycles. The van der Waals surface area contributed by atoms with Crippen LogP contribution in [0.2, 0.25) is 0 Å². The highest BCUT2D eigenvalue weighted by Crippen LogP contribution is 2.08. The first kappa shape index (κ1) is 14.9. The van der Waals surface area contributed by atoms with Gasteiger partial charge in [0.1, 0.15) is 12.1 Å². The second-order valence-corrected chi connectivity index (χ2v) is 4.34. The molecule has 0 aromatic heterocycles. The van der Waals surface area contributed by atoms with Gasteiger partial charge in [-0.25, -0.2) is 4.79 Å². The lowest BCUT2D eigenvalue weighted by Gasteiger charge is -2.17. The Kier molecular flexibility index (Phi) is 5.28. The van der Waals surface area contributed by atoms with Crippen LogP contribution in [-0.4, -0.2) is 46.0 Å². The standard InChI is InChI=1S/C11H16N2O6/c14-8-5-4-6(12-8)10(17)13-7(11(18)19)2-1-3-9(15)16/h6-7H,1-5H2,(H,12,14)(H,13,17)(H,15,16)(H,18,19)/t6-,7-/m1/s1. The smallest absolute Gasteiger partial charge is 0.326 e. The Morgan fingerprint density at radius 3 is 2.53 bits per heavy atom. The van der Waals surface area contributed by atoms with Crippen LogP contribution in [0.15, 0.2) is 0 Å². The van der Waals surface area contributed by atoms with E-state index in [1.165, 1.54) is 0 Å². The van der Waals surface area contributed by atoms with E-state index in [1.807, 2.05) is 0 Å². The number of amides is 2. The molecule has 106 valence electrons. The predicted octanol–water partition coefficient (Wildman–Crippen LogP) is -0.911. The van der Waals surface area contributed by atoms with E-state index in [0.717, 1.165) is 0 Å². The van der Waals surface area contributed by atoms with Gasteiger partial charge in [-0.3, -0.25) is 14.4 Å². The Hall–Kier alpha value is -2.12. The van der Waals surface area contributed by atoms with Crippen molar-refractivity contribution in [3.8, 4) is 0 Å². The number of carbonyl (C=O) groups is 4. The van der Waals surface area contributed by atoms with E-state index in [-0.39, 0.29) is 31.6 Å². The molecule has 8 nitrogen and oxygen atoms in total. The normalized spacial score (nSPS) is 19.6. The molecule has 0 spiro atoms. The Morgan fingerprint density at radius 1 is 1.37 bits per heavy atom. The van der Waals surface area contributed by atoms with Crippen LogP contribution in [0.5, 0.6) is 0 Å². The molecule has 19 heavy (non-hydrogen) atoms. The number of aliphatic carboxylic acids is 2. The molecule has 8 heteroatoms. The van der Waals surface area contributed by atoms with Gasteiger partial charge in [0.2, 0.25) is 11.8 Å². The number of carboxylic acids is 2. The number of nitrogens with one attached hydrogen (secondary N) is 2. The van der Waals surface area contributed by atoms with Crippen LogP contribution in [0, 0.1) is 0 Å². The summed E-state index contributed by atoms with van der Waals surface area (Å²) in [7, 11) is 0. The largest absolute Gasteiger partial charge is 0.481 e. The van der Waals surface area contributed by atoms with E-state index < -0.39 is 29.9 Å². The highest BCUT2D eigenvalue weighted by Gasteiger charge is 2.30. The Labute approximate surface area is 109 Å². The monoisotopic (exact) mass is 272 g/mol. The van der Waals surface area contributed by atoms with Crippen LogP contribution in [0.1, 0.15) is 32.1 Å². The van der Waals surface area contributed by atoms with Crippen LogP contribution >= 0.6 is 0 Å². The number of hydrogen-bond donors (Lipinski definition) is 4. The van der Waals surface area contributed by atoms with Gasteiger partial charge < -0.3 is 20.8 Å². The summed E-state index contributed by atoms with van der Waals surface area (Å²) >= 11 is 0. The maximum atomic E-state index is 11.7. The van der Waals surface area contributed by atoms with Gasteiger partial charge in [-0.05, 0) is 19.3 Å². The number of hydrogen-bond acceptors (Lipinski definition) is 4. The van der Waals surface area contributed by atoms with Crippen LogP contribution in [-0.2, 0) is 19.2 Å². The lowest BCUT2D eigenvalue weighted by molar-refractivity contribution is -0.143. The van der Waals surface area contributed by atoms with Gasteiger partial charge in [0, 0.05) is 12.8 Å². The van der Waals surface area contributed by atoms with Crippen molar-refractivity contribution < 1.29 is 29.4 Å². The number of carboxylic acid groups (broad SMARTS) is 2. The van der Waals surface area contributed by atoms with Crippen molar-refractivity contribution in [2.45, 2.75) is 44.2 Å². The molecular formula is C11H16N2O6. The first-order chi connectivity index (χ1) is 8.90. The van der Waals surface area contributed by atoms with Gasteiger partial charge in [-0.1, -0.05) is 0 Å². The Morgan fingerprint density at radius 2 is 2.05 bits per heavy atom. The summed E-state index contributed by atoms with van der Waals surface area (Å²) in [6.07, 6.45) is 0.623. The fourth-order valence-electron chi connectivity index (χ4n) is 1.80. The fourth-order valence-corrected chi connectivity index (χ4v) is 1.80. The van der Waals surface area contributed by atoms with Crippen LogP contribution in [0.3, 0.4) is 0 Å². The van der Waals surface area contributed by atoms with Crippen molar-refractivity contribution in [1.29, 1.82) is 0 Å². The van der Waals surface area contributed by atoms with E-state index in [1.54, 1.807) is 0 Å². The molecule has 2 amide bonds. The minimum Gasteiger partial charge on any atom is -0.481 e. The summed E-state index contributed by atoms with van der Waals surface area (Å²) < 4.78 is 0. The fraction of sp³-hybridized carbons (Fsp3) is 0.636. The third-order valence-corrected chi connectivity index (χ3v) is 2.81. The number of rotatable bonds is 7. The molecule has 4 N–H and O–H groups in total. The van der Waals surface area contributed by atoms with E-state index in [2.05, 4.69) is 10.6 Å². The van der Waals surface area contributed by atoms with Crippen molar-refractivity contribution in [2.24, 2.45) is 0 Å². The average Bonchev–Trinajstić information content (AvgIpc) is 2.73. The minimum absolute atomic E-state index is 0.0358. The molecule has 0 saturated carbocycles. The second kappa shape index (κ2) is 6.72. The molecule has 1 aliphatic rings. The van der Waals surface area contributed by atoms with Gasteiger partial charge >= 0.3 is 11.9 Å². The molecule has 0 unspecified atom stereocenters. The van der Waals surface area contributed by atoms with Gasteiger partial charge in [0.25, 0.3) is 0 Å². The summed E-state index contributed by atoms with van der Waals surface area (Å²) in [4.78, 5) is 43.9. The van der Waals surface area contributed by atoms with Crippen molar-refractivity contribution in [3.63, 3.8) is 0 Å². The van der Waals surface area contributed by atoms with Crippen molar-refractivity contribution >= 4 is 23.8 Å². The summed E-state index contributed by atoms with van der Waals surface area (Å²) in [6, 6.07) is -1.84. The summed E-state index contributed by atoms with van der Waals surface area (Å²) in [5.74, 6) is -3.02. The molecule has 1 saturated heterocycles. The van der Waals surface area contributed by atoms with Crippen molar-refractivity contribution in [3.05, 3.63) is 0 Å². The van der Waals surface area contributed by atoms with Crippen molar-refractivity contribution in [1.82, 2.24) is 10.6 Å². The molecule has 1 aliphatic heterocycles.